The molecule has 2 unspecified atom stereocenters. The molecule has 34 heavy (non-hydrogen) atoms. The van der Waals surface area contributed by atoms with E-state index in [0.717, 1.165) is 24.8 Å². The van der Waals surface area contributed by atoms with Crippen LogP contribution in [-0.2, 0) is 16.0 Å². The van der Waals surface area contributed by atoms with Gasteiger partial charge in [-0.2, -0.15) is 0 Å². The molecule has 0 bridgehead atoms. The highest BCUT2D eigenvalue weighted by Crippen LogP contribution is 2.27. The molecule has 2 amide bonds. The van der Waals surface area contributed by atoms with Crippen LogP contribution in [0.25, 0.3) is 0 Å². The molecular formula is C28H48N2O4. The Morgan fingerprint density at radius 3 is 2.09 bits per heavy atom. The van der Waals surface area contributed by atoms with E-state index < -0.39 is 6.04 Å². The molecular weight excluding hydrogens is 428 g/mol. The van der Waals surface area contributed by atoms with Crippen molar-refractivity contribution in [3.8, 4) is 11.5 Å². The number of hydrogen-bond acceptors (Lipinski definition) is 4. The number of hydrogen-bond donors (Lipinski definition) is 2. The standard InChI is InChI=1S/C28H48N2O4/c1-6-8-9-10-11-12-13-14-15-16-26(31)30-27(22(3)7-2)28(32)29-20-19-23-17-18-24(33-4)25(21-23)34-5/h17-18,21-22,27H,6-16,19-20H2,1-5H3,(H,29,32)(H,30,31). The molecule has 6 nitrogen and oxygen atoms in total. The highest BCUT2D eigenvalue weighted by atomic mass is 16.5. The van der Waals surface area contributed by atoms with Crippen molar-refractivity contribution in [3.05, 3.63) is 23.8 Å². The van der Waals surface area contributed by atoms with E-state index in [1.165, 1.54) is 44.9 Å². The van der Waals surface area contributed by atoms with Crippen molar-refractivity contribution in [1.82, 2.24) is 10.6 Å². The maximum atomic E-state index is 12.8. The molecule has 2 atom stereocenters. The number of carbonyl (C=O) groups excluding carboxylic acids is 2. The van der Waals surface area contributed by atoms with E-state index in [9.17, 15) is 9.59 Å². The molecule has 0 heterocycles. The van der Waals surface area contributed by atoms with Crippen LogP contribution in [0.15, 0.2) is 18.2 Å². The summed E-state index contributed by atoms with van der Waals surface area (Å²) in [5, 5.41) is 5.98. The van der Waals surface area contributed by atoms with Gasteiger partial charge in [0.05, 0.1) is 14.2 Å². The summed E-state index contributed by atoms with van der Waals surface area (Å²) in [7, 11) is 3.22. The molecule has 0 aliphatic rings. The topological polar surface area (TPSA) is 76.7 Å². The number of carbonyl (C=O) groups is 2. The van der Waals surface area contributed by atoms with Crippen LogP contribution >= 0.6 is 0 Å². The first-order chi connectivity index (χ1) is 16.5. The molecule has 0 aliphatic heterocycles. The second-order valence-corrected chi connectivity index (χ2v) is 9.24. The zero-order valence-corrected chi connectivity index (χ0v) is 22.2. The third-order valence-electron chi connectivity index (χ3n) is 6.48. The lowest BCUT2D eigenvalue weighted by Crippen LogP contribution is -2.50. The number of benzene rings is 1. The van der Waals surface area contributed by atoms with Crippen LogP contribution in [0.5, 0.6) is 11.5 Å². The van der Waals surface area contributed by atoms with Crippen molar-refractivity contribution in [2.45, 2.75) is 104 Å². The lowest BCUT2D eigenvalue weighted by Gasteiger charge is -2.23. The van der Waals surface area contributed by atoms with Crippen LogP contribution in [0.2, 0.25) is 0 Å². The first kappa shape index (κ1) is 29.8. The van der Waals surface area contributed by atoms with Crippen LogP contribution in [0, 0.1) is 5.92 Å². The fourth-order valence-electron chi connectivity index (χ4n) is 4.02. The Kier molecular flexibility index (Phi) is 15.9. The molecule has 1 aromatic rings. The molecule has 6 heteroatoms. The van der Waals surface area contributed by atoms with Gasteiger partial charge in [0, 0.05) is 13.0 Å². The molecule has 0 aromatic heterocycles. The van der Waals surface area contributed by atoms with Gasteiger partial charge in [-0.25, -0.2) is 0 Å². The molecule has 0 radical (unpaired) electrons. The zero-order valence-electron chi connectivity index (χ0n) is 22.2. The highest BCUT2D eigenvalue weighted by Gasteiger charge is 2.25. The molecule has 0 fully saturated rings. The predicted octanol–water partition coefficient (Wildman–Crippen LogP) is 5.81. The van der Waals surface area contributed by atoms with Crippen molar-refractivity contribution < 1.29 is 19.1 Å². The molecule has 2 N–H and O–H groups in total. The van der Waals surface area contributed by atoms with E-state index in [2.05, 4.69) is 17.6 Å². The summed E-state index contributed by atoms with van der Waals surface area (Å²) in [5.74, 6) is 1.29. The summed E-state index contributed by atoms with van der Waals surface area (Å²) < 4.78 is 10.6. The molecule has 0 saturated heterocycles. The van der Waals surface area contributed by atoms with Gasteiger partial charge in [-0.05, 0) is 36.5 Å². The number of nitrogens with one attached hydrogen (secondary N) is 2. The molecule has 0 saturated carbocycles. The minimum atomic E-state index is -0.499. The minimum Gasteiger partial charge on any atom is -0.493 e. The average molecular weight is 477 g/mol. The highest BCUT2D eigenvalue weighted by molar-refractivity contribution is 5.87. The van der Waals surface area contributed by atoms with Crippen LogP contribution in [-0.4, -0.2) is 38.6 Å². The summed E-state index contributed by atoms with van der Waals surface area (Å²) >= 11 is 0. The normalized spacial score (nSPS) is 12.6. The third-order valence-corrected chi connectivity index (χ3v) is 6.48. The van der Waals surface area contributed by atoms with E-state index >= 15 is 0 Å². The maximum absolute atomic E-state index is 12.8. The van der Waals surface area contributed by atoms with Crippen LogP contribution < -0.4 is 20.1 Å². The van der Waals surface area contributed by atoms with E-state index in [4.69, 9.17) is 9.47 Å². The Morgan fingerprint density at radius 2 is 1.50 bits per heavy atom. The number of ether oxygens (including phenoxy) is 2. The van der Waals surface area contributed by atoms with E-state index in [1.54, 1.807) is 14.2 Å². The minimum absolute atomic E-state index is 0.0247. The number of unbranched alkanes of at least 4 members (excludes halogenated alkanes) is 8. The Labute approximate surface area is 207 Å². The second kappa shape index (κ2) is 18.1. The van der Waals surface area contributed by atoms with E-state index in [0.29, 0.717) is 30.9 Å². The van der Waals surface area contributed by atoms with Gasteiger partial charge in [-0.15, -0.1) is 0 Å². The first-order valence-electron chi connectivity index (χ1n) is 13.2. The van der Waals surface area contributed by atoms with Gasteiger partial charge < -0.3 is 20.1 Å². The SMILES string of the molecule is CCCCCCCCCCCC(=O)NC(C(=O)NCCc1ccc(OC)c(OC)c1)C(C)CC. The van der Waals surface area contributed by atoms with Gasteiger partial charge in [0.25, 0.3) is 0 Å². The summed E-state index contributed by atoms with van der Waals surface area (Å²) in [4.78, 5) is 25.3. The number of amides is 2. The monoisotopic (exact) mass is 476 g/mol. The molecule has 0 aliphatic carbocycles. The van der Waals surface area contributed by atoms with Crippen molar-refractivity contribution >= 4 is 11.8 Å². The van der Waals surface area contributed by atoms with E-state index in [-0.39, 0.29) is 17.7 Å². The van der Waals surface area contributed by atoms with Crippen LogP contribution in [0.3, 0.4) is 0 Å². The largest absolute Gasteiger partial charge is 0.493 e. The zero-order chi connectivity index (χ0) is 25.2. The smallest absolute Gasteiger partial charge is 0.242 e. The number of methoxy groups -OCH3 is 2. The van der Waals surface area contributed by atoms with Gasteiger partial charge in [0.15, 0.2) is 11.5 Å². The van der Waals surface area contributed by atoms with Gasteiger partial charge in [0.2, 0.25) is 11.8 Å². The summed E-state index contributed by atoms with van der Waals surface area (Å²) in [5.41, 5.74) is 1.05. The third kappa shape index (κ3) is 11.8. The van der Waals surface area contributed by atoms with Crippen molar-refractivity contribution in [1.29, 1.82) is 0 Å². The maximum Gasteiger partial charge on any atom is 0.242 e. The van der Waals surface area contributed by atoms with Crippen LogP contribution in [0.4, 0.5) is 0 Å². The fraction of sp³-hybridized carbons (Fsp3) is 0.714. The van der Waals surface area contributed by atoms with E-state index in [1.807, 2.05) is 32.0 Å². The molecule has 0 spiro atoms. The van der Waals surface area contributed by atoms with Gasteiger partial charge in [0.1, 0.15) is 6.04 Å². The first-order valence-corrected chi connectivity index (χ1v) is 13.2. The lowest BCUT2D eigenvalue weighted by atomic mass is 9.97. The predicted molar refractivity (Wildman–Crippen MR) is 139 cm³/mol. The summed E-state index contributed by atoms with van der Waals surface area (Å²) in [6.07, 6.45) is 13.0. The van der Waals surface area contributed by atoms with Gasteiger partial charge in [-0.1, -0.05) is 84.6 Å². The Balaban J connectivity index is 2.39. The molecule has 1 aromatic carbocycles. The second-order valence-electron chi connectivity index (χ2n) is 9.24. The quantitative estimate of drug-likeness (QED) is 0.247. The van der Waals surface area contributed by atoms with Gasteiger partial charge in [-0.3, -0.25) is 9.59 Å². The molecule has 1 rings (SSSR count). The number of rotatable bonds is 19. The Hall–Kier alpha value is -2.24. The fourth-order valence-corrected chi connectivity index (χ4v) is 4.02. The van der Waals surface area contributed by atoms with Crippen molar-refractivity contribution in [3.63, 3.8) is 0 Å². The summed E-state index contributed by atoms with van der Waals surface area (Å²) in [6, 6.07) is 5.25. The van der Waals surface area contributed by atoms with Crippen molar-refractivity contribution in [2.24, 2.45) is 5.92 Å². The van der Waals surface area contributed by atoms with Crippen molar-refractivity contribution in [2.75, 3.05) is 20.8 Å². The Morgan fingerprint density at radius 1 is 0.882 bits per heavy atom. The average Bonchev–Trinajstić information content (AvgIpc) is 2.85. The summed E-state index contributed by atoms with van der Waals surface area (Å²) in [6.45, 7) is 6.79. The Bertz CT molecular complexity index is 708. The van der Waals surface area contributed by atoms with Gasteiger partial charge >= 0.3 is 0 Å². The van der Waals surface area contributed by atoms with Crippen LogP contribution in [0.1, 0.15) is 97.0 Å². The molecule has 194 valence electrons. The lowest BCUT2D eigenvalue weighted by molar-refractivity contribution is -0.130.